The Kier molecular flexibility index (Phi) is 7.50. The number of amidine groups is 1. The van der Waals surface area contributed by atoms with E-state index in [2.05, 4.69) is 11.4 Å². The van der Waals surface area contributed by atoms with Gasteiger partial charge in [0.25, 0.3) is 0 Å². The van der Waals surface area contributed by atoms with Crippen LogP contribution >= 0.6 is 0 Å². The number of nitrogens with zero attached hydrogens (tertiary/aromatic N) is 1. The van der Waals surface area contributed by atoms with Crippen LogP contribution in [0, 0.1) is 11.8 Å². The summed E-state index contributed by atoms with van der Waals surface area (Å²) >= 11 is 0. The van der Waals surface area contributed by atoms with Crippen molar-refractivity contribution in [3.8, 4) is 0 Å². The zero-order chi connectivity index (χ0) is 25.7. The molecule has 1 aliphatic carbocycles. The van der Waals surface area contributed by atoms with E-state index in [0.717, 1.165) is 48.1 Å². The van der Waals surface area contributed by atoms with Crippen LogP contribution in [0.4, 0.5) is 5.69 Å². The van der Waals surface area contributed by atoms with Crippen molar-refractivity contribution in [2.75, 3.05) is 5.32 Å². The Bertz CT molecular complexity index is 1220. The normalized spacial score (nSPS) is 19.4. The van der Waals surface area contributed by atoms with Crippen molar-refractivity contribution in [3.63, 3.8) is 0 Å². The lowest BCUT2D eigenvalue weighted by Gasteiger charge is -2.36. The molecule has 1 aliphatic heterocycles. The van der Waals surface area contributed by atoms with E-state index in [1.807, 2.05) is 78.9 Å². The Labute approximate surface area is 219 Å². The largest absolute Gasteiger partial charge is 0.387 e. The first-order valence-electron chi connectivity index (χ1n) is 13.4. The number of hydrogen-bond donors (Lipinski definition) is 2. The van der Waals surface area contributed by atoms with Crippen molar-refractivity contribution in [1.29, 1.82) is 0 Å². The van der Waals surface area contributed by atoms with E-state index in [1.165, 1.54) is 12.8 Å². The Morgan fingerprint density at radius 2 is 1.57 bits per heavy atom. The summed E-state index contributed by atoms with van der Waals surface area (Å²) in [6.07, 6.45) is 7.22. The quantitative estimate of drug-likeness (QED) is 0.402. The summed E-state index contributed by atoms with van der Waals surface area (Å²) in [6, 6.07) is 27.4. The highest BCUT2D eigenvalue weighted by Crippen LogP contribution is 2.40. The van der Waals surface area contributed by atoms with Crippen LogP contribution in [0.5, 0.6) is 0 Å². The molecule has 0 radical (unpaired) electrons. The van der Waals surface area contributed by atoms with E-state index < -0.39 is 5.54 Å². The molecule has 5 heteroatoms. The van der Waals surface area contributed by atoms with Crippen LogP contribution in [0.2, 0.25) is 0 Å². The van der Waals surface area contributed by atoms with Crippen molar-refractivity contribution in [1.82, 2.24) is 0 Å². The summed E-state index contributed by atoms with van der Waals surface area (Å²) in [6.45, 7) is 0. The maximum absolute atomic E-state index is 13.8. The van der Waals surface area contributed by atoms with E-state index >= 15 is 0 Å². The van der Waals surface area contributed by atoms with Gasteiger partial charge < -0.3 is 11.1 Å². The van der Waals surface area contributed by atoms with Gasteiger partial charge in [-0.05, 0) is 60.4 Å². The van der Waals surface area contributed by atoms with Crippen LogP contribution in [0.3, 0.4) is 0 Å². The molecule has 5 nitrogen and oxygen atoms in total. The molecule has 0 saturated heterocycles. The van der Waals surface area contributed by atoms with Gasteiger partial charge in [-0.25, -0.2) is 4.99 Å². The van der Waals surface area contributed by atoms with Crippen LogP contribution in [-0.2, 0) is 21.5 Å². The van der Waals surface area contributed by atoms with Gasteiger partial charge in [-0.1, -0.05) is 85.6 Å². The summed E-state index contributed by atoms with van der Waals surface area (Å²) < 4.78 is 0. The standard InChI is InChI=1S/C32H35N3O2/c33-31-25(19-18-24-12-9-17-28(20-24)34-30(37)21-23-10-7-8-11-23)22-29(36)32(35-31,26-13-3-1-4-14-26)27-15-5-2-6-16-27/h1-6,9,12-17,20,23,25H,7-8,10-11,18-19,21-22H2,(H2,33,35)(H,34,37)/t25-/m0/s1. The molecule has 0 aromatic heterocycles. The molecule has 0 spiro atoms. The number of hydrogen-bond acceptors (Lipinski definition) is 4. The summed E-state index contributed by atoms with van der Waals surface area (Å²) in [5.74, 6) is 1.09. The summed E-state index contributed by atoms with van der Waals surface area (Å²) in [7, 11) is 0. The molecule has 3 aromatic rings. The van der Waals surface area contributed by atoms with Crippen LogP contribution in [0.1, 0.15) is 61.6 Å². The lowest BCUT2D eigenvalue weighted by atomic mass is 9.74. The smallest absolute Gasteiger partial charge is 0.224 e. The van der Waals surface area contributed by atoms with Crippen molar-refractivity contribution in [3.05, 3.63) is 102 Å². The second kappa shape index (κ2) is 11.1. The summed E-state index contributed by atoms with van der Waals surface area (Å²) in [5.41, 5.74) is 9.09. The lowest BCUT2D eigenvalue weighted by molar-refractivity contribution is -0.124. The molecule has 0 unspecified atom stereocenters. The minimum absolute atomic E-state index is 0.0667. The number of rotatable bonds is 8. The number of nitrogens with one attached hydrogen (secondary N) is 1. The van der Waals surface area contributed by atoms with E-state index in [-0.39, 0.29) is 17.6 Å². The van der Waals surface area contributed by atoms with Crippen molar-refractivity contribution >= 4 is 23.2 Å². The number of benzene rings is 3. The third kappa shape index (κ3) is 5.51. The molecule has 1 amide bonds. The summed E-state index contributed by atoms with van der Waals surface area (Å²) in [4.78, 5) is 31.2. The fraction of sp³-hybridized carbons (Fsp3) is 0.344. The van der Waals surface area contributed by atoms with E-state index in [4.69, 9.17) is 10.7 Å². The van der Waals surface area contributed by atoms with Gasteiger partial charge in [0.15, 0.2) is 11.3 Å². The molecule has 0 bridgehead atoms. The molecular weight excluding hydrogens is 458 g/mol. The van der Waals surface area contributed by atoms with Crippen LogP contribution < -0.4 is 11.1 Å². The number of aliphatic imine (C=N–C) groups is 1. The SMILES string of the molecule is NC1=NC(c2ccccc2)(c2ccccc2)C(=O)C[C@@H]1CCc1cccc(NC(=O)CC2CCCC2)c1. The minimum Gasteiger partial charge on any atom is -0.387 e. The highest BCUT2D eigenvalue weighted by molar-refractivity contribution is 6.02. The Balaban J connectivity index is 1.30. The van der Waals surface area contributed by atoms with Gasteiger partial charge in [0.1, 0.15) is 0 Å². The monoisotopic (exact) mass is 493 g/mol. The van der Waals surface area contributed by atoms with Gasteiger partial charge in [-0.15, -0.1) is 0 Å². The van der Waals surface area contributed by atoms with Gasteiger partial charge in [0.05, 0.1) is 5.84 Å². The molecule has 3 N–H and O–H groups in total. The third-order valence-electron chi connectivity index (χ3n) is 7.87. The number of Topliss-reactive ketones (excluding diaryl/α,β-unsaturated/α-hetero) is 1. The number of carbonyl (C=O) groups is 2. The van der Waals surface area contributed by atoms with E-state index in [1.54, 1.807) is 0 Å². The molecule has 1 saturated carbocycles. The Hall–Kier alpha value is -3.73. The molecule has 1 heterocycles. The van der Waals surface area contributed by atoms with Crippen LogP contribution in [0.25, 0.3) is 0 Å². The second-order valence-electron chi connectivity index (χ2n) is 10.4. The molecule has 190 valence electrons. The maximum Gasteiger partial charge on any atom is 0.224 e. The average molecular weight is 494 g/mol. The van der Waals surface area contributed by atoms with Crippen LogP contribution in [0.15, 0.2) is 89.9 Å². The highest BCUT2D eigenvalue weighted by atomic mass is 16.1. The molecule has 37 heavy (non-hydrogen) atoms. The average Bonchev–Trinajstić information content (AvgIpc) is 3.43. The first kappa shape index (κ1) is 24.9. The van der Waals surface area contributed by atoms with Gasteiger partial charge in [0, 0.05) is 24.4 Å². The number of anilines is 1. The molecular formula is C32H35N3O2. The Morgan fingerprint density at radius 3 is 2.22 bits per heavy atom. The maximum atomic E-state index is 13.8. The fourth-order valence-electron chi connectivity index (χ4n) is 5.88. The van der Waals surface area contributed by atoms with Crippen molar-refractivity contribution in [2.24, 2.45) is 22.6 Å². The number of aryl methyl sites for hydroxylation is 1. The van der Waals surface area contributed by atoms with E-state index in [9.17, 15) is 9.59 Å². The number of carbonyl (C=O) groups excluding carboxylic acids is 2. The lowest BCUT2D eigenvalue weighted by Crippen LogP contribution is -2.45. The number of nitrogens with two attached hydrogens (primary N) is 1. The zero-order valence-electron chi connectivity index (χ0n) is 21.2. The number of amides is 1. The third-order valence-corrected chi connectivity index (χ3v) is 7.87. The molecule has 5 rings (SSSR count). The van der Waals surface area contributed by atoms with Crippen molar-refractivity contribution < 1.29 is 9.59 Å². The first-order chi connectivity index (χ1) is 18.0. The molecule has 1 atom stereocenters. The topological polar surface area (TPSA) is 84.5 Å². The van der Waals surface area contributed by atoms with Gasteiger partial charge in [-0.3, -0.25) is 9.59 Å². The van der Waals surface area contributed by atoms with Gasteiger partial charge in [0.2, 0.25) is 5.91 Å². The van der Waals surface area contributed by atoms with Crippen LogP contribution in [-0.4, -0.2) is 17.5 Å². The molecule has 1 fully saturated rings. The zero-order valence-corrected chi connectivity index (χ0v) is 21.2. The van der Waals surface area contributed by atoms with E-state index in [0.29, 0.717) is 24.6 Å². The predicted octanol–water partition coefficient (Wildman–Crippen LogP) is 6.03. The highest BCUT2D eigenvalue weighted by Gasteiger charge is 2.46. The number of ketones is 1. The first-order valence-corrected chi connectivity index (χ1v) is 13.4. The molecule has 2 aliphatic rings. The van der Waals surface area contributed by atoms with Gasteiger partial charge >= 0.3 is 0 Å². The van der Waals surface area contributed by atoms with Gasteiger partial charge in [-0.2, -0.15) is 0 Å². The summed E-state index contributed by atoms with van der Waals surface area (Å²) in [5, 5.41) is 3.07. The Morgan fingerprint density at radius 1 is 0.919 bits per heavy atom. The fourth-order valence-corrected chi connectivity index (χ4v) is 5.88. The second-order valence-corrected chi connectivity index (χ2v) is 10.4. The molecule has 3 aromatic carbocycles. The predicted molar refractivity (Wildman–Crippen MR) is 148 cm³/mol. The van der Waals surface area contributed by atoms with Crippen molar-refractivity contribution in [2.45, 2.75) is 56.9 Å². The minimum atomic E-state index is -1.10.